The molecule has 15 heteroatoms. The number of amides is 1. The summed E-state index contributed by atoms with van der Waals surface area (Å²) in [5.41, 5.74) is -11.4. The van der Waals surface area contributed by atoms with Crippen molar-refractivity contribution in [2.45, 2.75) is 108 Å². The molecular formula is C47H51NO14. The van der Waals surface area contributed by atoms with Crippen molar-refractivity contribution in [2.24, 2.45) is 27.6 Å². The molecule has 2 bridgehead atoms. The normalized spacial score (nSPS) is 36.9. The molecule has 3 aromatic rings. The molecule has 0 aromatic heterocycles. The summed E-state index contributed by atoms with van der Waals surface area (Å²) >= 11 is 0. The van der Waals surface area contributed by atoms with Crippen LogP contribution in [-0.2, 0) is 42.9 Å². The number of esters is 4. The molecule has 13 atom stereocenters. The standard InChI is InChI=1S/C47H51NO14/c1-25-31(60-40(56)35(52)34(28-16-10-7-11-17-28)48-38(54)29-18-12-8-13-19-29)23-44(57)41(61-39(55)30-20-14-9-15-21-30)47-43(6,32(51)22-33-45(47,24-58-33)62-27(3)50)36(53)37(59-26(2)49)46(25,47)42(44,4)5/h7-21,25,31-35,37,41,51-52,57H,22-24H2,1-6H3,(H,48,54)/t25-,31+,32+,33-,34+,35-,37+,41?,43+,44-,45+,46?,47?/m1/s1. The third-order valence-corrected chi connectivity index (χ3v) is 15.3. The van der Waals surface area contributed by atoms with Crippen LogP contribution in [0.1, 0.15) is 86.7 Å². The van der Waals surface area contributed by atoms with Crippen molar-refractivity contribution >= 4 is 35.6 Å². The largest absolute Gasteiger partial charge is 0.460 e. The van der Waals surface area contributed by atoms with E-state index in [-0.39, 0.29) is 24.2 Å². The number of Topliss-reactive ketones (excluding diaryl/α,β-unsaturated/α-hetero) is 1. The minimum atomic E-state index is -2.31. The van der Waals surface area contributed by atoms with E-state index in [1.54, 1.807) is 99.6 Å². The molecule has 1 aliphatic heterocycles. The van der Waals surface area contributed by atoms with Crippen molar-refractivity contribution in [2.75, 3.05) is 6.61 Å². The molecule has 328 valence electrons. The highest BCUT2D eigenvalue weighted by Crippen LogP contribution is 2.89. The molecule has 1 saturated heterocycles. The maximum atomic E-state index is 15.5. The lowest BCUT2D eigenvalue weighted by molar-refractivity contribution is -0.387. The van der Waals surface area contributed by atoms with Gasteiger partial charge in [0.1, 0.15) is 23.9 Å². The van der Waals surface area contributed by atoms with E-state index in [2.05, 4.69) is 5.32 Å². The van der Waals surface area contributed by atoms with E-state index in [1.165, 1.54) is 19.1 Å². The first-order chi connectivity index (χ1) is 29.3. The van der Waals surface area contributed by atoms with Gasteiger partial charge in [0.25, 0.3) is 5.91 Å². The topological polar surface area (TPSA) is 221 Å². The van der Waals surface area contributed by atoms with Crippen LogP contribution in [0.2, 0.25) is 0 Å². The van der Waals surface area contributed by atoms with Crippen LogP contribution in [0.25, 0.3) is 0 Å². The molecule has 3 unspecified atom stereocenters. The van der Waals surface area contributed by atoms with Crippen LogP contribution < -0.4 is 5.32 Å². The average molecular weight is 854 g/mol. The zero-order chi connectivity index (χ0) is 44.8. The molecular weight excluding hydrogens is 803 g/mol. The summed E-state index contributed by atoms with van der Waals surface area (Å²) in [7, 11) is 0. The number of ether oxygens (including phenoxy) is 5. The molecule has 1 amide bonds. The predicted octanol–water partition coefficient (Wildman–Crippen LogP) is 3.43. The maximum absolute atomic E-state index is 15.5. The van der Waals surface area contributed by atoms with Gasteiger partial charge in [-0.15, -0.1) is 0 Å². The van der Waals surface area contributed by atoms with Crippen LogP contribution in [0.4, 0.5) is 0 Å². The fraction of sp³-hybridized carbons (Fsp3) is 0.489. The van der Waals surface area contributed by atoms with Crippen molar-refractivity contribution in [3.8, 4) is 0 Å². The molecule has 1 heterocycles. The summed E-state index contributed by atoms with van der Waals surface area (Å²) in [5.74, 6) is -6.35. The number of aliphatic hydroxyl groups excluding tert-OH is 2. The van der Waals surface area contributed by atoms with Gasteiger partial charge < -0.3 is 44.3 Å². The predicted molar refractivity (Wildman–Crippen MR) is 216 cm³/mol. The third kappa shape index (κ3) is 5.43. The van der Waals surface area contributed by atoms with Crippen molar-refractivity contribution in [1.82, 2.24) is 5.32 Å². The molecule has 62 heavy (non-hydrogen) atoms. The fourth-order valence-corrected chi connectivity index (χ4v) is 12.8. The Morgan fingerprint density at radius 1 is 0.823 bits per heavy atom. The van der Waals surface area contributed by atoms with Gasteiger partial charge in [-0.3, -0.25) is 19.2 Å². The van der Waals surface area contributed by atoms with E-state index in [0.717, 1.165) is 13.8 Å². The zero-order valence-corrected chi connectivity index (χ0v) is 35.2. The van der Waals surface area contributed by atoms with E-state index in [1.807, 2.05) is 0 Å². The van der Waals surface area contributed by atoms with Gasteiger partial charge in [-0.1, -0.05) is 87.5 Å². The maximum Gasteiger partial charge on any atom is 0.338 e. The number of carbonyl (C=O) groups is 6. The Hall–Kier alpha value is -5.48. The Morgan fingerprint density at radius 3 is 1.95 bits per heavy atom. The number of hydrogen-bond acceptors (Lipinski definition) is 14. The first-order valence-corrected chi connectivity index (χ1v) is 20.8. The Kier molecular flexibility index (Phi) is 10.3. The SMILES string of the molecule is CC(=O)O[C@H]1C(=O)[C@]2(C)[C@@H](O)C[C@H]3OC[C@@]3(OC(C)=O)C23C(OC(=O)c2ccccc2)[C@]2(O)C[C@H](OC(=O)[C@H](O)[C@@H](NC(=O)c4ccccc4)c4ccccc4)[C@@H](C)C13C2(C)C. The van der Waals surface area contributed by atoms with Gasteiger partial charge in [-0.2, -0.15) is 0 Å². The van der Waals surface area contributed by atoms with Crippen LogP contribution >= 0.6 is 0 Å². The second-order valence-electron chi connectivity index (χ2n) is 18.1. The lowest BCUT2D eigenvalue weighted by atomic mass is 9.37. The molecule has 4 aliphatic carbocycles. The van der Waals surface area contributed by atoms with Crippen molar-refractivity contribution in [3.05, 3.63) is 108 Å². The summed E-state index contributed by atoms with van der Waals surface area (Å²) in [5, 5.41) is 40.7. The number of carbonyl (C=O) groups excluding carboxylic acids is 6. The van der Waals surface area contributed by atoms with Crippen molar-refractivity contribution < 1.29 is 67.8 Å². The van der Waals surface area contributed by atoms with Gasteiger partial charge in [0, 0.05) is 49.0 Å². The number of aliphatic hydroxyl groups is 3. The number of rotatable bonds is 10. The van der Waals surface area contributed by atoms with Crippen molar-refractivity contribution in [3.63, 3.8) is 0 Å². The Morgan fingerprint density at radius 2 is 1.40 bits per heavy atom. The van der Waals surface area contributed by atoms with Crippen molar-refractivity contribution in [1.29, 1.82) is 0 Å². The lowest BCUT2D eigenvalue weighted by Crippen LogP contribution is -2.84. The molecule has 15 nitrogen and oxygen atoms in total. The van der Waals surface area contributed by atoms with Crippen LogP contribution in [-0.4, -0.2) is 105 Å². The van der Waals surface area contributed by atoms with E-state index < -0.39 is 123 Å². The number of hydrogen-bond donors (Lipinski definition) is 4. The third-order valence-electron chi connectivity index (χ3n) is 15.3. The molecule has 8 rings (SSSR count). The molecule has 2 spiro atoms. The molecule has 4 saturated carbocycles. The first-order valence-electron chi connectivity index (χ1n) is 20.8. The average Bonchev–Trinajstić information content (AvgIpc) is 3.46. The molecule has 0 radical (unpaired) electrons. The molecule has 5 fully saturated rings. The second-order valence-corrected chi connectivity index (χ2v) is 18.1. The van der Waals surface area contributed by atoms with Gasteiger partial charge in [-0.05, 0) is 36.8 Å². The van der Waals surface area contributed by atoms with Gasteiger partial charge in [-0.25, -0.2) is 9.59 Å². The lowest BCUT2D eigenvalue weighted by Gasteiger charge is -2.70. The molecule has 5 aliphatic rings. The Balaban J connectivity index is 1.32. The monoisotopic (exact) mass is 853 g/mol. The number of ketones is 1. The highest BCUT2D eigenvalue weighted by atomic mass is 16.6. The molecule has 3 aromatic carbocycles. The highest BCUT2D eigenvalue weighted by Gasteiger charge is 3.02. The van der Waals surface area contributed by atoms with Gasteiger partial charge in [0.05, 0.1) is 35.1 Å². The van der Waals surface area contributed by atoms with Crippen LogP contribution in [0, 0.1) is 27.6 Å². The summed E-state index contributed by atoms with van der Waals surface area (Å²) in [4.78, 5) is 84.6. The number of benzene rings is 3. The van der Waals surface area contributed by atoms with Crippen LogP contribution in [0.3, 0.4) is 0 Å². The van der Waals surface area contributed by atoms with E-state index >= 15 is 4.79 Å². The van der Waals surface area contributed by atoms with Gasteiger partial charge in [0.2, 0.25) is 0 Å². The number of nitrogens with one attached hydrogen (secondary N) is 1. The molecule has 4 N–H and O–H groups in total. The van der Waals surface area contributed by atoms with Crippen LogP contribution in [0.15, 0.2) is 91.0 Å². The number of fused-ring (bicyclic) bond motifs is 2. The quantitative estimate of drug-likeness (QED) is 0.170. The smallest absolute Gasteiger partial charge is 0.338 e. The Bertz CT molecular complexity index is 2310. The minimum Gasteiger partial charge on any atom is -0.460 e. The second kappa shape index (κ2) is 14.8. The van der Waals surface area contributed by atoms with Gasteiger partial charge in [0.15, 0.2) is 23.6 Å². The fourth-order valence-electron chi connectivity index (χ4n) is 12.8. The van der Waals surface area contributed by atoms with Crippen LogP contribution in [0.5, 0.6) is 0 Å². The van der Waals surface area contributed by atoms with E-state index in [0.29, 0.717) is 5.56 Å². The van der Waals surface area contributed by atoms with Gasteiger partial charge >= 0.3 is 23.9 Å². The van der Waals surface area contributed by atoms with E-state index in [4.69, 9.17) is 23.7 Å². The summed E-state index contributed by atoms with van der Waals surface area (Å²) in [6.07, 6.45) is -10.5. The van der Waals surface area contributed by atoms with E-state index in [9.17, 15) is 39.3 Å². The summed E-state index contributed by atoms with van der Waals surface area (Å²) in [6, 6.07) is 23.0. The zero-order valence-electron chi connectivity index (χ0n) is 35.2. The summed E-state index contributed by atoms with van der Waals surface area (Å²) < 4.78 is 31.3. The minimum absolute atomic E-state index is 0.0753. The Labute approximate surface area is 358 Å². The first kappa shape index (κ1) is 43.2. The highest BCUT2D eigenvalue weighted by molar-refractivity contribution is 5.98. The summed E-state index contributed by atoms with van der Waals surface area (Å²) in [6.45, 7) is 8.25.